The van der Waals surface area contributed by atoms with Crippen molar-refractivity contribution < 1.29 is 0 Å². The minimum absolute atomic E-state index is 0.626. The Bertz CT molecular complexity index is 899. The first kappa shape index (κ1) is 14.7. The lowest BCUT2D eigenvalue weighted by Crippen LogP contribution is -1.90. The molecule has 23 heavy (non-hydrogen) atoms. The molecule has 3 rings (SSSR count). The first-order chi connectivity index (χ1) is 11.2. The fraction of sp³-hybridized carbons (Fsp3) is 0.105. The van der Waals surface area contributed by atoms with E-state index in [1.807, 2.05) is 62.5 Å². The second-order valence-electron chi connectivity index (χ2n) is 5.28. The fourth-order valence-electron chi connectivity index (χ4n) is 2.50. The lowest BCUT2D eigenvalue weighted by molar-refractivity contribution is 0.773. The number of nitriles is 1. The first-order valence-corrected chi connectivity index (χ1v) is 7.32. The Morgan fingerprint density at radius 1 is 1.13 bits per heavy atom. The largest absolute Gasteiger partial charge is 0.250 e. The predicted octanol–water partition coefficient (Wildman–Crippen LogP) is 4.02. The maximum atomic E-state index is 8.96. The van der Waals surface area contributed by atoms with Crippen LogP contribution in [0.1, 0.15) is 16.7 Å². The van der Waals surface area contributed by atoms with E-state index in [4.69, 9.17) is 5.26 Å². The van der Waals surface area contributed by atoms with Crippen LogP contribution in [0.25, 0.3) is 11.3 Å². The maximum absolute atomic E-state index is 8.96. The SMILES string of the molecule is Cc1c(-c2ccccc2)nn(C)c1N=Cc1cccc(C#N)c1. The molecule has 0 bridgehead atoms. The molecule has 1 aromatic heterocycles. The summed E-state index contributed by atoms with van der Waals surface area (Å²) < 4.78 is 1.78. The molecule has 0 atom stereocenters. The van der Waals surface area contributed by atoms with Crippen LogP contribution in [-0.2, 0) is 7.05 Å². The van der Waals surface area contributed by atoms with Gasteiger partial charge in [0.1, 0.15) is 0 Å². The molecule has 0 fully saturated rings. The first-order valence-electron chi connectivity index (χ1n) is 7.32. The molecule has 0 radical (unpaired) electrons. The van der Waals surface area contributed by atoms with E-state index in [0.717, 1.165) is 28.2 Å². The molecule has 4 nitrogen and oxygen atoms in total. The minimum atomic E-state index is 0.626. The molecule has 0 N–H and O–H groups in total. The summed E-state index contributed by atoms with van der Waals surface area (Å²) in [6.45, 7) is 2.02. The van der Waals surface area contributed by atoms with Gasteiger partial charge in [0.05, 0.1) is 17.3 Å². The molecular formula is C19H16N4. The zero-order valence-electron chi connectivity index (χ0n) is 13.1. The van der Waals surface area contributed by atoms with E-state index in [9.17, 15) is 0 Å². The van der Waals surface area contributed by atoms with Crippen molar-refractivity contribution in [2.24, 2.45) is 12.0 Å². The summed E-state index contributed by atoms with van der Waals surface area (Å²) in [4.78, 5) is 4.56. The smallest absolute Gasteiger partial charge is 0.153 e. The van der Waals surface area contributed by atoms with E-state index in [0.29, 0.717) is 5.56 Å². The molecule has 0 aliphatic rings. The van der Waals surface area contributed by atoms with Gasteiger partial charge < -0.3 is 0 Å². The van der Waals surface area contributed by atoms with E-state index in [1.165, 1.54) is 0 Å². The van der Waals surface area contributed by atoms with E-state index < -0.39 is 0 Å². The highest BCUT2D eigenvalue weighted by atomic mass is 15.3. The van der Waals surface area contributed by atoms with E-state index >= 15 is 0 Å². The third-order valence-electron chi connectivity index (χ3n) is 3.65. The Labute approximate surface area is 135 Å². The predicted molar refractivity (Wildman–Crippen MR) is 91.8 cm³/mol. The Morgan fingerprint density at radius 2 is 1.91 bits per heavy atom. The number of hydrogen-bond donors (Lipinski definition) is 0. The lowest BCUT2D eigenvalue weighted by Gasteiger charge is -1.98. The van der Waals surface area contributed by atoms with Crippen LogP contribution in [0, 0.1) is 18.3 Å². The van der Waals surface area contributed by atoms with E-state index in [2.05, 4.69) is 16.2 Å². The second-order valence-corrected chi connectivity index (χ2v) is 5.28. The van der Waals surface area contributed by atoms with Crippen molar-refractivity contribution in [3.8, 4) is 17.3 Å². The van der Waals surface area contributed by atoms with Crippen molar-refractivity contribution in [3.63, 3.8) is 0 Å². The van der Waals surface area contributed by atoms with Crippen LogP contribution in [0.4, 0.5) is 5.82 Å². The van der Waals surface area contributed by atoms with Gasteiger partial charge in [0.25, 0.3) is 0 Å². The Hall–Kier alpha value is -3.19. The van der Waals surface area contributed by atoms with E-state index in [-0.39, 0.29) is 0 Å². The summed E-state index contributed by atoms with van der Waals surface area (Å²) >= 11 is 0. The van der Waals surface area contributed by atoms with Gasteiger partial charge in [-0.05, 0) is 24.6 Å². The number of aromatic nitrogens is 2. The van der Waals surface area contributed by atoms with Crippen molar-refractivity contribution in [1.29, 1.82) is 5.26 Å². The highest BCUT2D eigenvalue weighted by Crippen LogP contribution is 2.29. The van der Waals surface area contributed by atoms with Crippen molar-refractivity contribution >= 4 is 12.0 Å². The molecule has 3 aromatic rings. The molecule has 0 aliphatic carbocycles. The molecular weight excluding hydrogens is 284 g/mol. The van der Waals surface area contributed by atoms with Crippen LogP contribution < -0.4 is 0 Å². The summed E-state index contributed by atoms with van der Waals surface area (Å²) in [5, 5.41) is 13.5. The van der Waals surface area contributed by atoms with Crippen LogP contribution in [0.15, 0.2) is 59.6 Å². The summed E-state index contributed by atoms with van der Waals surface area (Å²) in [5.41, 5.74) is 4.57. The van der Waals surface area contributed by atoms with Crippen LogP contribution in [0.2, 0.25) is 0 Å². The molecule has 0 spiro atoms. The van der Waals surface area contributed by atoms with Crippen LogP contribution in [-0.4, -0.2) is 16.0 Å². The molecule has 2 aromatic carbocycles. The Kier molecular flexibility index (Phi) is 4.03. The van der Waals surface area contributed by atoms with Gasteiger partial charge in [-0.25, -0.2) is 4.99 Å². The fourth-order valence-corrected chi connectivity index (χ4v) is 2.50. The summed E-state index contributed by atoms with van der Waals surface area (Å²) in [6.07, 6.45) is 1.76. The van der Waals surface area contributed by atoms with Gasteiger partial charge in [-0.2, -0.15) is 10.4 Å². The summed E-state index contributed by atoms with van der Waals surface area (Å²) in [5.74, 6) is 0.811. The third kappa shape index (κ3) is 3.04. The quantitative estimate of drug-likeness (QED) is 0.686. The number of hydrogen-bond acceptors (Lipinski definition) is 3. The molecule has 0 aliphatic heterocycles. The normalized spacial score (nSPS) is 10.8. The number of rotatable bonds is 3. The third-order valence-corrected chi connectivity index (χ3v) is 3.65. The Balaban J connectivity index is 1.96. The van der Waals surface area contributed by atoms with Crippen LogP contribution in [0.3, 0.4) is 0 Å². The van der Waals surface area contributed by atoms with Gasteiger partial charge >= 0.3 is 0 Å². The molecule has 0 amide bonds. The molecule has 0 saturated heterocycles. The highest BCUT2D eigenvalue weighted by Gasteiger charge is 2.12. The molecule has 1 heterocycles. The Morgan fingerprint density at radius 3 is 2.65 bits per heavy atom. The van der Waals surface area contributed by atoms with Crippen molar-refractivity contribution in [3.05, 3.63) is 71.3 Å². The minimum Gasteiger partial charge on any atom is -0.250 e. The zero-order chi connectivity index (χ0) is 16.2. The van der Waals surface area contributed by atoms with Crippen LogP contribution in [0.5, 0.6) is 0 Å². The maximum Gasteiger partial charge on any atom is 0.153 e. The van der Waals surface area contributed by atoms with Crippen molar-refractivity contribution in [1.82, 2.24) is 9.78 Å². The van der Waals surface area contributed by atoms with Gasteiger partial charge in [-0.3, -0.25) is 4.68 Å². The molecule has 0 saturated carbocycles. The molecule has 112 valence electrons. The number of aryl methyl sites for hydroxylation is 1. The standard InChI is InChI=1S/C19H16N4/c1-14-18(17-9-4-3-5-10-17)22-23(2)19(14)21-13-16-8-6-7-15(11-16)12-20/h3-11,13H,1-2H3. The van der Waals surface area contributed by atoms with Crippen molar-refractivity contribution in [2.75, 3.05) is 0 Å². The van der Waals surface area contributed by atoms with Crippen molar-refractivity contribution in [2.45, 2.75) is 6.92 Å². The number of benzene rings is 2. The molecule has 4 heteroatoms. The topological polar surface area (TPSA) is 54.0 Å². The summed E-state index contributed by atoms with van der Waals surface area (Å²) in [7, 11) is 1.89. The second kappa shape index (κ2) is 6.29. The zero-order valence-corrected chi connectivity index (χ0v) is 13.1. The summed E-state index contributed by atoms with van der Waals surface area (Å²) in [6, 6.07) is 19.6. The van der Waals surface area contributed by atoms with Gasteiger partial charge in [0, 0.05) is 24.4 Å². The highest BCUT2D eigenvalue weighted by molar-refractivity contribution is 5.83. The number of nitrogens with zero attached hydrogens (tertiary/aromatic N) is 4. The van der Waals surface area contributed by atoms with E-state index in [1.54, 1.807) is 17.0 Å². The monoisotopic (exact) mass is 300 g/mol. The van der Waals surface area contributed by atoms with Gasteiger partial charge in [0.15, 0.2) is 5.82 Å². The van der Waals surface area contributed by atoms with Crippen LogP contribution >= 0.6 is 0 Å². The lowest BCUT2D eigenvalue weighted by atomic mass is 10.1. The average Bonchev–Trinajstić information content (AvgIpc) is 2.88. The number of aliphatic imine (C=N–C) groups is 1. The van der Waals surface area contributed by atoms with Gasteiger partial charge in [0.2, 0.25) is 0 Å². The average molecular weight is 300 g/mol. The molecule has 0 unspecified atom stereocenters. The van der Waals surface area contributed by atoms with Gasteiger partial charge in [-0.1, -0.05) is 42.5 Å². The van der Waals surface area contributed by atoms with Gasteiger partial charge in [-0.15, -0.1) is 0 Å².